The van der Waals surface area contributed by atoms with E-state index in [0.717, 1.165) is 18.9 Å². The second kappa shape index (κ2) is 5.30. The molecule has 0 atom stereocenters. The third kappa shape index (κ3) is 3.05. The molecule has 5 heteroatoms. The first-order chi connectivity index (χ1) is 9.02. The van der Waals surface area contributed by atoms with Gasteiger partial charge < -0.3 is 14.6 Å². The largest absolute Gasteiger partial charge is 0.504 e. The molecule has 0 radical (unpaired) electrons. The van der Waals surface area contributed by atoms with Crippen LogP contribution in [0.4, 0.5) is 0 Å². The molecule has 1 aliphatic rings. The van der Waals surface area contributed by atoms with E-state index in [1.807, 2.05) is 0 Å². The van der Waals surface area contributed by atoms with Gasteiger partial charge in [0.1, 0.15) is 0 Å². The molecular weight excluding hydrogens is 248 g/mol. The highest BCUT2D eigenvalue weighted by atomic mass is 16.5. The molecule has 0 heterocycles. The normalized spacial score (nSPS) is 14.0. The molecule has 102 valence electrons. The van der Waals surface area contributed by atoms with Gasteiger partial charge in [0.05, 0.1) is 18.3 Å². The molecule has 0 saturated heterocycles. The van der Waals surface area contributed by atoms with Crippen molar-refractivity contribution in [2.24, 2.45) is 0 Å². The number of esters is 1. The highest BCUT2D eigenvalue weighted by molar-refractivity contribution is 5.91. The lowest BCUT2D eigenvalue weighted by Gasteiger charge is -2.02. The average molecular weight is 264 g/mol. The lowest BCUT2D eigenvalue weighted by molar-refractivity contribution is 0.0525. The number of rotatable bonds is 4. The van der Waals surface area contributed by atoms with E-state index in [2.05, 4.69) is 0 Å². The summed E-state index contributed by atoms with van der Waals surface area (Å²) < 4.78 is 10.3. The minimum absolute atomic E-state index is 0.0416. The number of hydrogen-bond acceptors (Lipinski definition) is 5. The molecule has 1 fully saturated rings. The minimum atomic E-state index is -0.606. The standard InChI is InChI=1S/C14H16O5/c1-3-18-14(17)10-7-11(15)13(16)12(6-8(10)2)19-9-4-5-9/h6-7,9H,3-5H2,1-2H3,(H,15,16). The fraction of sp³-hybridized carbons (Fsp3) is 0.429. The van der Waals surface area contributed by atoms with Crippen LogP contribution in [-0.2, 0) is 4.74 Å². The predicted molar refractivity (Wildman–Crippen MR) is 68.7 cm³/mol. The van der Waals surface area contributed by atoms with Crippen LogP contribution >= 0.6 is 0 Å². The number of carbonyl (C=O) groups excluding carboxylic acids is 1. The second-order valence-electron chi connectivity index (χ2n) is 4.50. The van der Waals surface area contributed by atoms with E-state index in [-0.39, 0.29) is 24.0 Å². The van der Waals surface area contributed by atoms with Crippen molar-refractivity contribution in [3.63, 3.8) is 0 Å². The van der Waals surface area contributed by atoms with E-state index in [1.54, 1.807) is 13.8 Å². The summed E-state index contributed by atoms with van der Waals surface area (Å²) in [6.07, 6.45) is 1.85. The Bertz CT molecular complexity index is 560. The quantitative estimate of drug-likeness (QED) is 0.839. The zero-order valence-electron chi connectivity index (χ0n) is 10.9. The predicted octanol–water partition coefficient (Wildman–Crippen LogP) is 1.78. The van der Waals surface area contributed by atoms with Gasteiger partial charge >= 0.3 is 5.97 Å². The fourth-order valence-electron chi connectivity index (χ4n) is 1.66. The van der Waals surface area contributed by atoms with Crippen LogP contribution in [0.1, 0.15) is 35.7 Å². The van der Waals surface area contributed by atoms with E-state index >= 15 is 0 Å². The zero-order chi connectivity index (χ0) is 14.0. The first-order valence-electron chi connectivity index (χ1n) is 6.24. The number of carbonyl (C=O) groups is 1. The maximum absolute atomic E-state index is 11.9. The summed E-state index contributed by atoms with van der Waals surface area (Å²) >= 11 is 0. The van der Waals surface area contributed by atoms with Gasteiger partial charge in [0, 0.05) is 0 Å². The Labute approximate surface area is 110 Å². The van der Waals surface area contributed by atoms with E-state index < -0.39 is 17.1 Å². The lowest BCUT2D eigenvalue weighted by Crippen LogP contribution is -2.06. The topological polar surface area (TPSA) is 72.8 Å². The summed E-state index contributed by atoms with van der Waals surface area (Å²) in [6.45, 7) is 3.59. The fourth-order valence-corrected chi connectivity index (χ4v) is 1.66. The summed E-state index contributed by atoms with van der Waals surface area (Å²) in [5, 5.41) is 9.72. The molecule has 2 rings (SSSR count). The monoisotopic (exact) mass is 264 g/mol. The Kier molecular flexibility index (Phi) is 3.74. The highest BCUT2D eigenvalue weighted by Gasteiger charge is 2.25. The van der Waals surface area contributed by atoms with Crippen molar-refractivity contribution in [3.8, 4) is 11.5 Å². The van der Waals surface area contributed by atoms with E-state index in [4.69, 9.17) is 9.47 Å². The minimum Gasteiger partial charge on any atom is -0.504 e. The smallest absolute Gasteiger partial charge is 0.338 e. The third-order valence-electron chi connectivity index (χ3n) is 2.82. The number of aromatic hydroxyl groups is 1. The van der Waals surface area contributed by atoms with Gasteiger partial charge in [0.25, 0.3) is 5.43 Å². The number of hydrogen-bond donors (Lipinski definition) is 1. The molecule has 1 aromatic rings. The van der Waals surface area contributed by atoms with Crippen molar-refractivity contribution in [1.29, 1.82) is 0 Å². The summed E-state index contributed by atoms with van der Waals surface area (Å²) in [7, 11) is 0. The molecule has 1 saturated carbocycles. The first-order valence-corrected chi connectivity index (χ1v) is 6.24. The highest BCUT2D eigenvalue weighted by Crippen LogP contribution is 2.26. The molecule has 0 amide bonds. The van der Waals surface area contributed by atoms with Crippen LogP contribution in [-0.4, -0.2) is 23.8 Å². The molecular formula is C14H16O5. The SMILES string of the molecule is CCOC(=O)c1cc(O)c(=O)c(OC2CC2)cc1C. The van der Waals surface area contributed by atoms with Crippen LogP contribution < -0.4 is 10.2 Å². The molecule has 0 bridgehead atoms. The maximum Gasteiger partial charge on any atom is 0.338 e. The van der Waals surface area contributed by atoms with Crippen molar-refractivity contribution in [2.75, 3.05) is 6.61 Å². The van der Waals surface area contributed by atoms with Gasteiger partial charge in [-0.25, -0.2) is 4.79 Å². The Morgan fingerprint density at radius 1 is 1.42 bits per heavy atom. The van der Waals surface area contributed by atoms with Crippen molar-refractivity contribution in [2.45, 2.75) is 32.8 Å². The van der Waals surface area contributed by atoms with Gasteiger partial charge in [-0.3, -0.25) is 4.79 Å². The molecule has 0 aromatic heterocycles. The second-order valence-corrected chi connectivity index (χ2v) is 4.50. The van der Waals surface area contributed by atoms with Crippen LogP contribution in [0, 0.1) is 6.92 Å². The summed E-state index contributed by atoms with van der Waals surface area (Å²) in [5.41, 5.74) is 0.0964. The van der Waals surface area contributed by atoms with Gasteiger partial charge in [-0.05, 0) is 44.4 Å². The number of ether oxygens (including phenoxy) is 2. The van der Waals surface area contributed by atoms with Crippen LogP contribution in [0.2, 0.25) is 0 Å². The summed E-state index contributed by atoms with van der Waals surface area (Å²) in [6, 6.07) is 2.61. The first kappa shape index (κ1) is 13.4. The van der Waals surface area contributed by atoms with Crippen molar-refractivity contribution >= 4 is 5.97 Å². The van der Waals surface area contributed by atoms with Crippen molar-refractivity contribution < 1.29 is 19.4 Å². The van der Waals surface area contributed by atoms with Gasteiger partial charge in [0.15, 0.2) is 11.5 Å². The average Bonchev–Trinajstić information content (AvgIpc) is 3.17. The third-order valence-corrected chi connectivity index (χ3v) is 2.82. The van der Waals surface area contributed by atoms with Crippen LogP contribution in [0.15, 0.2) is 16.9 Å². The molecule has 1 aromatic carbocycles. The van der Waals surface area contributed by atoms with Crippen molar-refractivity contribution in [3.05, 3.63) is 33.5 Å². The van der Waals surface area contributed by atoms with E-state index in [9.17, 15) is 14.7 Å². The Morgan fingerprint density at radius 3 is 2.68 bits per heavy atom. The molecule has 19 heavy (non-hydrogen) atoms. The Hall–Kier alpha value is -2.04. The van der Waals surface area contributed by atoms with Gasteiger partial charge in [-0.1, -0.05) is 0 Å². The summed E-state index contributed by atoms with van der Waals surface area (Å²) in [4.78, 5) is 23.6. The van der Waals surface area contributed by atoms with Gasteiger partial charge in [0.2, 0.25) is 0 Å². The molecule has 1 N–H and O–H groups in total. The van der Waals surface area contributed by atoms with E-state index in [0.29, 0.717) is 5.56 Å². The molecule has 0 aliphatic heterocycles. The lowest BCUT2D eigenvalue weighted by atomic mass is 10.2. The Morgan fingerprint density at radius 2 is 2.11 bits per heavy atom. The van der Waals surface area contributed by atoms with Crippen LogP contribution in [0.3, 0.4) is 0 Å². The van der Waals surface area contributed by atoms with Gasteiger partial charge in [-0.2, -0.15) is 0 Å². The van der Waals surface area contributed by atoms with Gasteiger partial charge in [-0.15, -0.1) is 0 Å². The molecule has 0 spiro atoms. The summed E-state index contributed by atoms with van der Waals surface area (Å²) in [5.74, 6) is -0.997. The molecule has 1 aliphatic carbocycles. The van der Waals surface area contributed by atoms with Crippen molar-refractivity contribution in [1.82, 2.24) is 0 Å². The number of aryl methyl sites for hydroxylation is 1. The zero-order valence-corrected chi connectivity index (χ0v) is 10.9. The molecule has 5 nitrogen and oxygen atoms in total. The van der Waals surface area contributed by atoms with Crippen LogP contribution in [0.25, 0.3) is 0 Å². The Balaban J connectivity index is 2.47. The maximum atomic E-state index is 11.9. The van der Waals surface area contributed by atoms with Crippen LogP contribution in [0.5, 0.6) is 11.5 Å². The molecule has 0 unspecified atom stereocenters. The van der Waals surface area contributed by atoms with E-state index in [1.165, 1.54) is 6.07 Å².